The van der Waals surface area contributed by atoms with E-state index in [9.17, 15) is 5.11 Å². The van der Waals surface area contributed by atoms with E-state index in [1.165, 1.54) is 0 Å². The number of halogens is 6. The standard InChI is InChI=1S/C18H9Cl6NO/c19-12-3-8(4-13(20)16(12)23)11-2-1-10(7-26)25-18(11)9-5-14(21)17(24)15(22)6-9/h1-6,26H,7H2. The van der Waals surface area contributed by atoms with Crippen molar-refractivity contribution in [3.8, 4) is 22.4 Å². The van der Waals surface area contributed by atoms with E-state index in [2.05, 4.69) is 4.98 Å². The van der Waals surface area contributed by atoms with E-state index in [-0.39, 0.29) is 16.7 Å². The molecule has 1 heterocycles. The van der Waals surface area contributed by atoms with Crippen LogP contribution in [0.4, 0.5) is 0 Å². The van der Waals surface area contributed by atoms with Gasteiger partial charge in [-0.2, -0.15) is 0 Å². The molecule has 26 heavy (non-hydrogen) atoms. The van der Waals surface area contributed by atoms with Gasteiger partial charge in [-0.3, -0.25) is 0 Å². The van der Waals surface area contributed by atoms with Gasteiger partial charge in [0.05, 0.1) is 48.1 Å². The first-order chi connectivity index (χ1) is 12.3. The van der Waals surface area contributed by atoms with Gasteiger partial charge in [0.2, 0.25) is 0 Å². The Kier molecular flexibility index (Phi) is 6.25. The molecule has 8 heteroatoms. The molecule has 1 N–H and O–H groups in total. The second-order valence-electron chi connectivity index (χ2n) is 5.36. The number of hydrogen-bond acceptors (Lipinski definition) is 2. The highest BCUT2D eigenvalue weighted by Crippen LogP contribution is 2.40. The summed E-state index contributed by atoms with van der Waals surface area (Å²) in [5.41, 5.74) is 3.09. The number of benzene rings is 2. The van der Waals surface area contributed by atoms with Gasteiger partial charge in [-0.15, -0.1) is 0 Å². The molecule has 0 fully saturated rings. The van der Waals surface area contributed by atoms with Crippen molar-refractivity contribution in [1.82, 2.24) is 4.98 Å². The Morgan fingerprint density at radius 1 is 0.692 bits per heavy atom. The maximum atomic E-state index is 9.45. The molecule has 0 radical (unpaired) electrons. The van der Waals surface area contributed by atoms with Crippen molar-refractivity contribution in [2.24, 2.45) is 0 Å². The summed E-state index contributed by atoms with van der Waals surface area (Å²) in [4.78, 5) is 4.50. The van der Waals surface area contributed by atoms with Crippen molar-refractivity contribution in [1.29, 1.82) is 0 Å². The Labute approximate surface area is 180 Å². The monoisotopic (exact) mass is 465 g/mol. The molecule has 2 nitrogen and oxygen atoms in total. The van der Waals surface area contributed by atoms with Crippen molar-refractivity contribution in [2.45, 2.75) is 6.61 Å². The fourth-order valence-corrected chi connectivity index (χ4v) is 3.64. The summed E-state index contributed by atoms with van der Waals surface area (Å²) in [5.74, 6) is 0. The van der Waals surface area contributed by atoms with Gasteiger partial charge in [0.15, 0.2) is 0 Å². The minimum absolute atomic E-state index is 0.218. The normalized spacial score (nSPS) is 11.0. The predicted molar refractivity (Wildman–Crippen MR) is 111 cm³/mol. The van der Waals surface area contributed by atoms with Crippen LogP contribution in [0.2, 0.25) is 30.1 Å². The van der Waals surface area contributed by atoms with E-state index in [0.717, 1.165) is 5.56 Å². The number of pyridine rings is 1. The van der Waals surface area contributed by atoms with Crippen LogP contribution >= 0.6 is 69.6 Å². The van der Waals surface area contributed by atoms with Gasteiger partial charge in [-0.1, -0.05) is 75.7 Å². The number of rotatable bonds is 3. The quantitative estimate of drug-likeness (QED) is 0.398. The van der Waals surface area contributed by atoms with E-state index in [1.807, 2.05) is 0 Å². The molecule has 0 aliphatic carbocycles. The Balaban J connectivity index is 2.28. The van der Waals surface area contributed by atoms with Crippen LogP contribution in [-0.2, 0) is 6.61 Å². The lowest BCUT2D eigenvalue weighted by Crippen LogP contribution is -1.96. The average molecular weight is 468 g/mol. The van der Waals surface area contributed by atoms with Crippen LogP contribution in [-0.4, -0.2) is 10.1 Å². The van der Waals surface area contributed by atoms with E-state index >= 15 is 0 Å². The van der Waals surface area contributed by atoms with E-state index in [1.54, 1.807) is 36.4 Å². The number of nitrogens with zero attached hydrogens (tertiary/aromatic N) is 1. The van der Waals surface area contributed by atoms with Crippen LogP contribution in [0.15, 0.2) is 36.4 Å². The highest BCUT2D eigenvalue weighted by atomic mass is 35.5. The van der Waals surface area contributed by atoms with Gasteiger partial charge in [0, 0.05) is 11.1 Å². The van der Waals surface area contributed by atoms with Crippen molar-refractivity contribution in [3.05, 3.63) is 72.2 Å². The molecule has 0 saturated carbocycles. The van der Waals surface area contributed by atoms with Crippen molar-refractivity contribution in [2.75, 3.05) is 0 Å². The Morgan fingerprint density at radius 3 is 1.62 bits per heavy atom. The molecule has 0 saturated heterocycles. The van der Waals surface area contributed by atoms with Gasteiger partial charge in [0.25, 0.3) is 0 Å². The van der Waals surface area contributed by atoms with Gasteiger partial charge in [0.1, 0.15) is 0 Å². The Bertz CT molecular complexity index is 959. The zero-order chi connectivity index (χ0) is 19.0. The van der Waals surface area contributed by atoms with Crippen molar-refractivity contribution in [3.63, 3.8) is 0 Å². The van der Waals surface area contributed by atoms with Crippen LogP contribution in [0.5, 0.6) is 0 Å². The predicted octanol–water partition coefficient (Wildman–Crippen LogP) is 7.83. The van der Waals surface area contributed by atoms with Gasteiger partial charge < -0.3 is 5.11 Å². The van der Waals surface area contributed by atoms with Crippen molar-refractivity contribution >= 4 is 69.6 Å². The third-order valence-corrected chi connectivity index (χ3v) is 6.06. The number of aliphatic hydroxyl groups is 1. The molecule has 0 unspecified atom stereocenters. The molecular weight excluding hydrogens is 459 g/mol. The Morgan fingerprint density at radius 2 is 1.15 bits per heavy atom. The fraction of sp³-hybridized carbons (Fsp3) is 0.0556. The SMILES string of the molecule is OCc1ccc(-c2cc(Cl)c(Cl)c(Cl)c2)c(-c2cc(Cl)c(Cl)c(Cl)c2)n1. The highest BCUT2D eigenvalue weighted by molar-refractivity contribution is 6.49. The smallest absolute Gasteiger partial charge is 0.0853 e. The minimum atomic E-state index is -0.218. The topological polar surface area (TPSA) is 33.1 Å². The number of hydrogen-bond donors (Lipinski definition) is 1. The first-order valence-electron chi connectivity index (χ1n) is 7.22. The molecule has 134 valence electrons. The molecule has 0 aliphatic heterocycles. The molecule has 0 spiro atoms. The summed E-state index contributed by atoms with van der Waals surface area (Å²) in [6.07, 6.45) is 0. The zero-order valence-electron chi connectivity index (χ0n) is 12.8. The molecule has 3 rings (SSSR count). The van der Waals surface area contributed by atoms with E-state index in [4.69, 9.17) is 69.6 Å². The molecule has 0 atom stereocenters. The van der Waals surface area contributed by atoms with Crippen LogP contribution in [0.25, 0.3) is 22.4 Å². The van der Waals surface area contributed by atoms with Crippen LogP contribution in [0.3, 0.4) is 0 Å². The second kappa shape index (κ2) is 8.12. The largest absolute Gasteiger partial charge is 0.390 e. The van der Waals surface area contributed by atoms with Crippen LogP contribution in [0, 0.1) is 0 Å². The lowest BCUT2D eigenvalue weighted by molar-refractivity contribution is 0.277. The first-order valence-corrected chi connectivity index (χ1v) is 9.49. The molecule has 0 amide bonds. The summed E-state index contributed by atoms with van der Waals surface area (Å²) >= 11 is 36.7. The molecule has 0 bridgehead atoms. The minimum Gasteiger partial charge on any atom is -0.390 e. The lowest BCUT2D eigenvalue weighted by Gasteiger charge is -2.13. The van der Waals surface area contributed by atoms with Gasteiger partial charge in [-0.25, -0.2) is 4.98 Å². The third-order valence-electron chi connectivity index (χ3n) is 3.67. The molecule has 3 aromatic rings. The maximum absolute atomic E-state index is 9.45. The second-order valence-corrected chi connectivity index (χ2v) is 7.75. The summed E-state index contributed by atoms with van der Waals surface area (Å²) in [6.45, 7) is -0.218. The molecule has 1 aromatic heterocycles. The maximum Gasteiger partial charge on any atom is 0.0853 e. The fourth-order valence-electron chi connectivity index (χ4n) is 2.44. The van der Waals surface area contributed by atoms with Crippen molar-refractivity contribution < 1.29 is 5.11 Å². The van der Waals surface area contributed by atoms with Gasteiger partial charge in [-0.05, 0) is 35.9 Å². The van der Waals surface area contributed by atoms with E-state index < -0.39 is 0 Å². The number of aliphatic hydroxyl groups excluding tert-OH is 1. The Hall–Kier alpha value is -0.710. The number of aromatic nitrogens is 1. The third kappa shape index (κ3) is 3.93. The zero-order valence-corrected chi connectivity index (χ0v) is 17.4. The summed E-state index contributed by atoms with van der Waals surface area (Å²) in [5, 5.41) is 11.2. The van der Waals surface area contributed by atoms with E-state index in [0.29, 0.717) is 42.6 Å². The molecular formula is C18H9Cl6NO. The lowest BCUT2D eigenvalue weighted by atomic mass is 9.98. The summed E-state index contributed by atoms with van der Waals surface area (Å²) in [6, 6.07) is 10.2. The summed E-state index contributed by atoms with van der Waals surface area (Å²) < 4.78 is 0. The average Bonchev–Trinajstić information content (AvgIpc) is 2.62. The molecule has 0 aliphatic rings. The highest BCUT2D eigenvalue weighted by Gasteiger charge is 2.16. The van der Waals surface area contributed by atoms with Crippen LogP contribution < -0.4 is 0 Å². The van der Waals surface area contributed by atoms with Gasteiger partial charge >= 0.3 is 0 Å². The summed E-state index contributed by atoms with van der Waals surface area (Å²) in [7, 11) is 0. The first kappa shape index (κ1) is 20.0. The van der Waals surface area contributed by atoms with Crippen LogP contribution in [0.1, 0.15) is 5.69 Å². The molecule has 2 aromatic carbocycles.